The van der Waals surface area contributed by atoms with Crippen molar-refractivity contribution in [3.8, 4) is 0 Å². The minimum absolute atomic E-state index is 0.0581. The van der Waals surface area contributed by atoms with Gasteiger partial charge in [-0.05, 0) is 18.2 Å². The molecule has 1 rings (SSSR count). The second kappa shape index (κ2) is 5.41. The van der Waals surface area contributed by atoms with Crippen LogP contribution in [0.3, 0.4) is 0 Å². The van der Waals surface area contributed by atoms with Crippen LogP contribution in [0.15, 0.2) is 29.2 Å². The number of hydrogen-bond donors (Lipinski definition) is 2. The molecule has 16 heavy (non-hydrogen) atoms. The first-order valence-corrected chi connectivity index (χ1v) is 5.79. The Kier molecular flexibility index (Phi) is 4.19. The van der Waals surface area contributed by atoms with Gasteiger partial charge in [0.2, 0.25) is 5.91 Å². The number of hydrogen-bond acceptors (Lipinski definition) is 3. The molecular formula is C10H11NO4S. The molecule has 6 heteroatoms. The molecule has 0 aromatic heterocycles. The summed E-state index contributed by atoms with van der Waals surface area (Å²) in [6.45, 7) is 0. The number of amides is 1. The van der Waals surface area contributed by atoms with Gasteiger partial charge in [0.25, 0.3) is 0 Å². The van der Waals surface area contributed by atoms with Gasteiger partial charge in [-0.1, -0.05) is 6.07 Å². The summed E-state index contributed by atoms with van der Waals surface area (Å²) < 4.78 is 11.6. The van der Waals surface area contributed by atoms with Crippen molar-refractivity contribution >= 4 is 22.7 Å². The average Bonchev–Trinajstić information content (AvgIpc) is 2.28. The predicted octanol–water partition coefficient (Wildman–Crippen LogP) is 0.238. The van der Waals surface area contributed by atoms with E-state index < -0.39 is 16.8 Å². The number of carbonyl (C=O) groups excluding carboxylic acids is 1. The third-order valence-electron chi connectivity index (χ3n) is 1.88. The van der Waals surface area contributed by atoms with Gasteiger partial charge in [0.1, 0.15) is 5.75 Å². The summed E-state index contributed by atoms with van der Waals surface area (Å²) in [6.07, 6.45) is 0. The lowest BCUT2D eigenvalue weighted by atomic mass is 10.2. The molecule has 0 bridgehead atoms. The van der Waals surface area contributed by atoms with Crippen molar-refractivity contribution < 1.29 is 18.9 Å². The number of aromatic carboxylic acids is 1. The Morgan fingerprint density at radius 3 is 2.69 bits per heavy atom. The van der Waals surface area contributed by atoms with Crippen LogP contribution < -0.4 is 5.32 Å². The van der Waals surface area contributed by atoms with E-state index in [0.29, 0.717) is 4.90 Å². The molecule has 0 aliphatic heterocycles. The number of rotatable bonds is 4. The number of carbonyl (C=O) groups is 2. The van der Waals surface area contributed by atoms with Gasteiger partial charge < -0.3 is 10.4 Å². The average molecular weight is 241 g/mol. The van der Waals surface area contributed by atoms with Crippen LogP contribution in [0.5, 0.6) is 0 Å². The molecule has 0 fully saturated rings. The lowest BCUT2D eigenvalue weighted by Gasteiger charge is -2.02. The summed E-state index contributed by atoms with van der Waals surface area (Å²) in [7, 11) is -0.0640. The molecule has 0 aliphatic carbocycles. The van der Waals surface area contributed by atoms with Gasteiger partial charge in [-0.3, -0.25) is 9.00 Å². The Labute approximate surface area is 94.9 Å². The van der Waals surface area contributed by atoms with Crippen LogP contribution in [0.1, 0.15) is 10.4 Å². The Bertz CT molecular complexity index is 444. The number of benzene rings is 1. The van der Waals surface area contributed by atoms with E-state index >= 15 is 0 Å². The highest BCUT2D eigenvalue weighted by Crippen LogP contribution is 2.10. The Morgan fingerprint density at radius 1 is 1.44 bits per heavy atom. The first-order valence-electron chi connectivity index (χ1n) is 4.47. The minimum Gasteiger partial charge on any atom is -0.478 e. The Morgan fingerprint density at radius 2 is 2.12 bits per heavy atom. The van der Waals surface area contributed by atoms with E-state index in [1.807, 2.05) is 0 Å². The highest BCUT2D eigenvalue weighted by atomic mass is 32.2. The van der Waals surface area contributed by atoms with Crippen molar-refractivity contribution in [2.75, 3.05) is 12.8 Å². The third-order valence-corrected chi connectivity index (χ3v) is 3.19. The predicted molar refractivity (Wildman–Crippen MR) is 58.7 cm³/mol. The molecule has 0 spiro atoms. The molecule has 1 unspecified atom stereocenters. The van der Waals surface area contributed by atoms with Crippen molar-refractivity contribution in [2.45, 2.75) is 4.90 Å². The van der Waals surface area contributed by atoms with Crippen LogP contribution in [-0.4, -0.2) is 34.0 Å². The van der Waals surface area contributed by atoms with Crippen LogP contribution in [0.25, 0.3) is 0 Å². The van der Waals surface area contributed by atoms with E-state index in [9.17, 15) is 13.8 Å². The fraction of sp³-hybridized carbons (Fsp3) is 0.200. The molecule has 0 heterocycles. The molecule has 0 saturated heterocycles. The van der Waals surface area contributed by atoms with E-state index in [1.54, 1.807) is 0 Å². The topological polar surface area (TPSA) is 83.5 Å². The van der Waals surface area contributed by atoms with Crippen LogP contribution in [0.4, 0.5) is 0 Å². The molecule has 1 amide bonds. The van der Waals surface area contributed by atoms with Gasteiger partial charge >= 0.3 is 5.97 Å². The summed E-state index contributed by atoms with van der Waals surface area (Å²) in [5.41, 5.74) is 0.0581. The zero-order valence-corrected chi connectivity index (χ0v) is 9.41. The van der Waals surface area contributed by atoms with Crippen molar-refractivity contribution in [1.29, 1.82) is 0 Å². The first-order chi connectivity index (χ1) is 7.54. The van der Waals surface area contributed by atoms with Crippen LogP contribution in [0, 0.1) is 0 Å². The standard InChI is InChI=1S/C10H11NO4S/c1-11-9(12)6-16(15)8-4-2-3-7(5-8)10(13)14/h2-5H,6H2,1H3,(H,11,12)(H,13,14). The van der Waals surface area contributed by atoms with Crippen LogP contribution >= 0.6 is 0 Å². The number of nitrogens with one attached hydrogen (secondary N) is 1. The van der Waals surface area contributed by atoms with Gasteiger partial charge in [-0.25, -0.2) is 4.79 Å². The van der Waals surface area contributed by atoms with Gasteiger partial charge in [0.15, 0.2) is 0 Å². The lowest BCUT2D eigenvalue weighted by Crippen LogP contribution is -2.24. The maximum Gasteiger partial charge on any atom is 0.335 e. The van der Waals surface area contributed by atoms with Gasteiger partial charge in [-0.15, -0.1) is 0 Å². The lowest BCUT2D eigenvalue weighted by molar-refractivity contribution is -0.118. The second-order valence-electron chi connectivity index (χ2n) is 3.00. The Balaban J connectivity index is 2.88. The smallest absolute Gasteiger partial charge is 0.335 e. The van der Waals surface area contributed by atoms with Gasteiger partial charge in [0, 0.05) is 11.9 Å². The van der Waals surface area contributed by atoms with Crippen LogP contribution in [0.2, 0.25) is 0 Å². The zero-order chi connectivity index (χ0) is 12.1. The summed E-state index contributed by atoms with van der Waals surface area (Å²) in [4.78, 5) is 22.0. The van der Waals surface area contributed by atoms with Gasteiger partial charge in [-0.2, -0.15) is 0 Å². The van der Waals surface area contributed by atoms with E-state index in [-0.39, 0.29) is 17.2 Å². The maximum absolute atomic E-state index is 11.6. The van der Waals surface area contributed by atoms with Gasteiger partial charge in [0.05, 0.1) is 16.4 Å². The van der Waals surface area contributed by atoms with Crippen molar-refractivity contribution in [3.05, 3.63) is 29.8 Å². The molecule has 1 atom stereocenters. The molecule has 5 nitrogen and oxygen atoms in total. The Hall–Kier alpha value is -1.69. The molecule has 0 saturated carbocycles. The molecule has 0 radical (unpaired) electrons. The maximum atomic E-state index is 11.6. The molecule has 0 aliphatic rings. The van der Waals surface area contributed by atoms with Crippen LogP contribution in [-0.2, 0) is 15.6 Å². The third kappa shape index (κ3) is 3.16. The summed E-state index contributed by atoms with van der Waals surface area (Å²) in [5.74, 6) is -1.60. The quantitative estimate of drug-likeness (QED) is 0.791. The van der Waals surface area contributed by atoms with E-state index in [0.717, 1.165) is 0 Å². The normalized spacial score (nSPS) is 11.8. The summed E-state index contributed by atoms with van der Waals surface area (Å²) in [5, 5.41) is 11.1. The van der Waals surface area contributed by atoms with E-state index in [2.05, 4.69) is 5.32 Å². The SMILES string of the molecule is CNC(=O)CS(=O)c1cccc(C(=O)O)c1. The fourth-order valence-corrected chi connectivity index (χ4v) is 2.08. The first kappa shape index (κ1) is 12.4. The highest BCUT2D eigenvalue weighted by molar-refractivity contribution is 7.85. The largest absolute Gasteiger partial charge is 0.478 e. The summed E-state index contributed by atoms with van der Waals surface area (Å²) >= 11 is 0. The number of carboxylic acids is 1. The van der Waals surface area contributed by atoms with Crippen molar-refractivity contribution in [2.24, 2.45) is 0 Å². The van der Waals surface area contributed by atoms with E-state index in [4.69, 9.17) is 5.11 Å². The molecule has 1 aromatic carbocycles. The van der Waals surface area contributed by atoms with Crippen molar-refractivity contribution in [3.63, 3.8) is 0 Å². The van der Waals surface area contributed by atoms with E-state index in [1.165, 1.54) is 31.3 Å². The minimum atomic E-state index is -1.52. The second-order valence-corrected chi connectivity index (χ2v) is 4.45. The van der Waals surface area contributed by atoms with Crippen molar-refractivity contribution in [1.82, 2.24) is 5.32 Å². The molecule has 86 valence electrons. The monoisotopic (exact) mass is 241 g/mol. The number of carboxylic acid groups (broad SMARTS) is 1. The molecule has 2 N–H and O–H groups in total. The summed E-state index contributed by atoms with van der Waals surface area (Å²) in [6, 6.07) is 5.75. The molecular weight excluding hydrogens is 230 g/mol. The zero-order valence-electron chi connectivity index (χ0n) is 8.60. The fourth-order valence-electron chi connectivity index (χ4n) is 1.05. The molecule has 1 aromatic rings. The highest BCUT2D eigenvalue weighted by Gasteiger charge is 2.11.